The van der Waals surface area contributed by atoms with Crippen LogP contribution in [0.15, 0.2) is 42.5 Å². The van der Waals surface area contributed by atoms with Gasteiger partial charge in [-0.3, -0.25) is 9.59 Å². The number of carbonyl (C=O) groups is 2. The number of nitriles is 1. The van der Waals surface area contributed by atoms with Crippen LogP contribution in [0.2, 0.25) is 0 Å². The number of amides is 1. The fourth-order valence-corrected chi connectivity index (χ4v) is 2.69. The van der Waals surface area contributed by atoms with Crippen LogP contribution in [-0.4, -0.2) is 40.2 Å². The van der Waals surface area contributed by atoms with Gasteiger partial charge in [0.1, 0.15) is 18.0 Å². The molecule has 2 aromatic carbocycles. The van der Waals surface area contributed by atoms with Crippen molar-refractivity contribution in [3.63, 3.8) is 0 Å². The third-order valence-electron chi connectivity index (χ3n) is 4.03. The van der Waals surface area contributed by atoms with Crippen LogP contribution in [0.4, 0.5) is 0 Å². The Bertz CT molecular complexity index is 1150. The van der Waals surface area contributed by atoms with Crippen molar-refractivity contribution in [3.05, 3.63) is 53.7 Å². The van der Waals surface area contributed by atoms with Crippen molar-refractivity contribution in [2.24, 2.45) is 0 Å². The number of aromatic nitrogens is 1. The first-order valence-corrected chi connectivity index (χ1v) is 8.90. The van der Waals surface area contributed by atoms with E-state index in [0.29, 0.717) is 27.8 Å². The highest BCUT2D eigenvalue weighted by Gasteiger charge is 2.21. The molecule has 152 valence electrons. The topological polar surface area (TPSA) is 142 Å². The summed E-state index contributed by atoms with van der Waals surface area (Å²) in [6.07, 6.45) is 0. The van der Waals surface area contributed by atoms with Crippen LogP contribution in [0.5, 0.6) is 23.1 Å². The number of aliphatic carboxylic acids is 1. The second kappa shape index (κ2) is 8.79. The normalized spacial score (nSPS) is 10.3. The van der Waals surface area contributed by atoms with Crippen molar-refractivity contribution in [2.45, 2.75) is 6.92 Å². The number of nitrogens with zero attached hydrogens (tertiary/aromatic N) is 2. The van der Waals surface area contributed by atoms with Gasteiger partial charge in [-0.15, -0.1) is 0 Å². The lowest BCUT2D eigenvalue weighted by molar-refractivity contribution is -0.135. The molecule has 3 aromatic rings. The molecular formula is C21H17N3O6. The average molecular weight is 407 g/mol. The van der Waals surface area contributed by atoms with Crippen LogP contribution in [0.3, 0.4) is 0 Å². The molecule has 9 heteroatoms. The summed E-state index contributed by atoms with van der Waals surface area (Å²) in [7, 11) is 0. The summed E-state index contributed by atoms with van der Waals surface area (Å²) in [6.45, 7) is 1.38. The first-order valence-electron chi connectivity index (χ1n) is 8.90. The largest absolute Gasteiger partial charge is 0.505 e. The van der Waals surface area contributed by atoms with Gasteiger partial charge in [0.05, 0.1) is 23.6 Å². The molecule has 1 heterocycles. The molecule has 9 nitrogen and oxygen atoms in total. The van der Waals surface area contributed by atoms with Gasteiger partial charge < -0.3 is 25.0 Å². The molecule has 3 rings (SSSR count). The number of pyridine rings is 1. The number of rotatable bonds is 7. The summed E-state index contributed by atoms with van der Waals surface area (Å²) in [4.78, 5) is 27.0. The number of carboxylic acid groups (broad SMARTS) is 1. The van der Waals surface area contributed by atoms with Gasteiger partial charge >= 0.3 is 5.97 Å². The fourth-order valence-electron chi connectivity index (χ4n) is 2.69. The molecule has 0 aliphatic heterocycles. The lowest BCUT2D eigenvalue weighted by Gasteiger charge is -2.13. The van der Waals surface area contributed by atoms with Crippen molar-refractivity contribution in [2.75, 3.05) is 13.2 Å². The number of carbonyl (C=O) groups excluding carboxylic acids is 1. The molecule has 30 heavy (non-hydrogen) atoms. The van der Waals surface area contributed by atoms with Crippen LogP contribution in [0, 0.1) is 11.3 Å². The van der Waals surface area contributed by atoms with E-state index >= 15 is 0 Å². The lowest BCUT2D eigenvalue weighted by atomic mass is 10.1. The van der Waals surface area contributed by atoms with Crippen LogP contribution in [-0.2, 0) is 4.79 Å². The number of carboxylic acids is 1. The van der Waals surface area contributed by atoms with Gasteiger partial charge in [0, 0.05) is 5.39 Å². The minimum absolute atomic E-state index is 0.0936. The summed E-state index contributed by atoms with van der Waals surface area (Å²) in [5, 5.41) is 31.0. The van der Waals surface area contributed by atoms with E-state index in [1.165, 1.54) is 0 Å². The molecule has 0 radical (unpaired) electrons. The van der Waals surface area contributed by atoms with Gasteiger partial charge in [-0.25, -0.2) is 4.98 Å². The molecule has 0 spiro atoms. The number of nitrogens with one attached hydrogen (secondary N) is 1. The number of ether oxygens (including phenoxy) is 2. The molecule has 0 atom stereocenters. The zero-order valence-corrected chi connectivity index (χ0v) is 15.9. The number of benzene rings is 2. The molecule has 0 fully saturated rings. The third kappa shape index (κ3) is 4.39. The molecule has 1 amide bonds. The van der Waals surface area contributed by atoms with Crippen LogP contribution in [0.1, 0.15) is 23.0 Å². The second-order valence-corrected chi connectivity index (χ2v) is 6.07. The molecule has 3 N–H and O–H groups in total. The van der Waals surface area contributed by atoms with Crippen molar-refractivity contribution in [3.8, 4) is 29.2 Å². The molecule has 0 unspecified atom stereocenters. The highest BCUT2D eigenvalue weighted by molar-refractivity contribution is 6.04. The fraction of sp³-hybridized carbons (Fsp3) is 0.143. The lowest BCUT2D eigenvalue weighted by Crippen LogP contribution is -2.30. The van der Waals surface area contributed by atoms with E-state index in [-0.39, 0.29) is 18.2 Å². The molecule has 0 bridgehead atoms. The smallest absolute Gasteiger partial charge is 0.322 e. The minimum atomic E-state index is -1.22. The Morgan fingerprint density at radius 1 is 1.13 bits per heavy atom. The summed E-state index contributed by atoms with van der Waals surface area (Å²) in [6, 6.07) is 13.3. The monoisotopic (exact) mass is 407 g/mol. The van der Waals surface area contributed by atoms with Gasteiger partial charge in [-0.2, -0.15) is 5.26 Å². The Balaban J connectivity index is 2.00. The summed E-state index contributed by atoms with van der Waals surface area (Å²) >= 11 is 0. The van der Waals surface area contributed by atoms with Gasteiger partial charge in [0.15, 0.2) is 11.4 Å². The highest BCUT2D eigenvalue weighted by atomic mass is 16.5. The van der Waals surface area contributed by atoms with Crippen LogP contribution < -0.4 is 14.8 Å². The molecule has 0 aliphatic carbocycles. The van der Waals surface area contributed by atoms with Crippen molar-refractivity contribution >= 4 is 22.6 Å². The Morgan fingerprint density at radius 3 is 2.47 bits per heavy atom. The number of fused-ring (bicyclic) bond motifs is 1. The van der Waals surface area contributed by atoms with Crippen LogP contribution in [0.25, 0.3) is 10.8 Å². The zero-order chi connectivity index (χ0) is 21.7. The van der Waals surface area contributed by atoms with Gasteiger partial charge in [0.2, 0.25) is 5.88 Å². The summed E-state index contributed by atoms with van der Waals surface area (Å²) in [5.41, 5.74) is 0.162. The highest BCUT2D eigenvalue weighted by Crippen LogP contribution is 2.36. The number of hydrogen-bond acceptors (Lipinski definition) is 7. The minimum Gasteiger partial charge on any atom is -0.505 e. The Labute approximate surface area is 171 Å². The van der Waals surface area contributed by atoms with Crippen molar-refractivity contribution < 1.29 is 29.3 Å². The molecule has 1 aromatic heterocycles. The quantitative estimate of drug-likeness (QED) is 0.543. The standard InChI is InChI=1S/C21H17N3O6/c1-2-29-21-16-9-14(30-13-5-3-12(10-22)4-6-13)7-8-15(16)19(27)18(24-21)20(28)23-11-17(25)26/h3-9,27H,2,11H2,1H3,(H,23,28)(H,25,26). The third-order valence-corrected chi connectivity index (χ3v) is 4.03. The van der Waals surface area contributed by atoms with E-state index in [0.717, 1.165) is 0 Å². The van der Waals surface area contributed by atoms with Crippen LogP contribution >= 0.6 is 0 Å². The Morgan fingerprint density at radius 2 is 1.83 bits per heavy atom. The first-order chi connectivity index (χ1) is 14.4. The summed E-state index contributed by atoms with van der Waals surface area (Å²) < 4.78 is 11.3. The number of hydrogen-bond donors (Lipinski definition) is 3. The van der Waals surface area contributed by atoms with E-state index in [2.05, 4.69) is 10.3 Å². The van der Waals surface area contributed by atoms with E-state index in [4.69, 9.17) is 19.8 Å². The zero-order valence-electron chi connectivity index (χ0n) is 15.9. The van der Waals surface area contributed by atoms with Crippen molar-refractivity contribution in [1.29, 1.82) is 5.26 Å². The number of aromatic hydroxyl groups is 1. The maximum Gasteiger partial charge on any atom is 0.322 e. The van der Waals surface area contributed by atoms with Gasteiger partial charge in [-0.1, -0.05) is 0 Å². The molecular weight excluding hydrogens is 390 g/mol. The maximum absolute atomic E-state index is 12.2. The van der Waals surface area contributed by atoms with Gasteiger partial charge in [-0.05, 0) is 49.4 Å². The predicted molar refractivity (Wildman–Crippen MR) is 106 cm³/mol. The Kier molecular flexibility index (Phi) is 5.98. The molecule has 0 saturated carbocycles. The van der Waals surface area contributed by atoms with E-state index in [1.807, 2.05) is 6.07 Å². The van der Waals surface area contributed by atoms with Gasteiger partial charge in [0.25, 0.3) is 5.91 Å². The predicted octanol–water partition coefficient (Wildman–Crippen LogP) is 2.82. The Hall–Kier alpha value is -4.32. The molecule has 0 saturated heterocycles. The van der Waals surface area contributed by atoms with E-state index in [9.17, 15) is 14.7 Å². The average Bonchev–Trinajstić information content (AvgIpc) is 2.74. The second-order valence-electron chi connectivity index (χ2n) is 6.07. The summed E-state index contributed by atoms with van der Waals surface area (Å²) in [5.74, 6) is -1.43. The van der Waals surface area contributed by atoms with Crippen molar-refractivity contribution in [1.82, 2.24) is 10.3 Å². The van der Waals surface area contributed by atoms with E-state index in [1.54, 1.807) is 49.4 Å². The van der Waals surface area contributed by atoms with E-state index < -0.39 is 24.2 Å². The SMILES string of the molecule is CCOc1nc(C(=O)NCC(=O)O)c(O)c2ccc(Oc3ccc(C#N)cc3)cc12. The first kappa shape index (κ1) is 20.4. The molecule has 0 aliphatic rings. The maximum atomic E-state index is 12.2.